The average Bonchev–Trinajstić information content (AvgIpc) is 2.98. The van der Waals surface area contributed by atoms with E-state index >= 15 is 0 Å². The zero-order valence-corrected chi connectivity index (χ0v) is 16.1. The number of hydrogen-bond acceptors (Lipinski definition) is 4. The molecule has 0 saturated heterocycles. The van der Waals surface area contributed by atoms with E-state index in [9.17, 15) is 10.5 Å². The van der Waals surface area contributed by atoms with Crippen molar-refractivity contribution in [2.75, 3.05) is 16.8 Å². The highest BCUT2D eigenvalue weighted by Gasteiger charge is 2.35. The molecule has 0 aliphatic carbocycles. The van der Waals surface area contributed by atoms with Crippen molar-refractivity contribution in [3.8, 4) is 23.3 Å². The molecule has 1 heterocycles. The molecule has 4 rings (SSSR count). The summed E-state index contributed by atoms with van der Waals surface area (Å²) in [4.78, 5) is 4.31. The molecule has 1 atom stereocenters. The van der Waals surface area contributed by atoms with Gasteiger partial charge in [-0.15, -0.1) is 0 Å². The van der Waals surface area contributed by atoms with Gasteiger partial charge in [0.1, 0.15) is 18.3 Å². The second-order valence-electron chi connectivity index (χ2n) is 7.06. The molecule has 4 nitrogen and oxygen atoms in total. The van der Waals surface area contributed by atoms with E-state index in [4.69, 9.17) is 0 Å². The van der Waals surface area contributed by atoms with Gasteiger partial charge in [0.2, 0.25) is 0 Å². The fraction of sp³-hybridized carbons (Fsp3) is 0.167. The summed E-state index contributed by atoms with van der Waals surface area (Å²) in [5, 5.41) is 19.0. The number of hydrogen-bond donors (Lipinski definition) is 0. The third-order valence-corrected chi connectivity index (χ3v) is 5.50. The molecule has 1 aliphatic rings. The molecule has 3 aromatic rings. The normalized spacial score (nSPS) is 15.1. The van der Waals surface area contributed by atoms with Gasteiger partial charge in [-0.25, -0.2) is 0 Å². The van der Waals surface area contributed by atoms with E-state index in [1.807, 2.05) is 31.3 Å². The molecule has 0 amide bonds. The SMILES string of the molecule is Cc1cc(-c2ccccc2)ccc1N1c2ccc(C#N)c(C#N)c2N(C)[C@@H]1C. The van der Waals surface area contributed by atoms with E-state index in [0.29, 0.717) is 11.1 Å². The van der Waals surface area contributed by atoms with Gasteiger partial charge in [0.15, 0.2) is 0 Å². The van der Waals surface area contributed by atoms with Gasteiger partial charge in [0.05, 0.1) is 22.5 Å². The Morgan fingerprint density at radius 2 is 1.57 bits per heavy atom. The summed E-state index contributed by atoms with van der Waals surface area (Å²) in [5.41, 5.74) is 7.27. The minimum Gasteiger partial charge on any atom is -0.351 e. The molecule has 28 heavy (non-hydrogen) atoms. The van der Waals surface area contributed by atoms with Crippen LogP contribution in [0, 0.1) is 29.6 Å². The molecule has 0 unspecified atom stereocenters. The van der Waals surface area contributed by atoms with Gasteiger partial charge < -0.3 is 9.80 Å². The Labute approximate surface area is 165 Å². The number of benzene rings is 3. The van der Waals surface area contributed by atoms with Crippen LogP contribution in [0.2, 0.25) is 0 Å². The number of aryl methyl sites for hydroxylation is 1. The molecule has 1 aliphatic heterocycles. The first-order chi connectivity index (χ1) is 13.6. The number of rotatable bonds is 2. The Morgan fingerprint density at radius 1 is 0.857 bits per heavy atom. The minimum absolute atomic E-state index is 0.0392. The molecule has 136 valence electrons. The van der Waals surface area contributed by atoms with Crippen molar-refractivity contribution >= 4 is 17.1 Å². The summed E-state index contributed by atoms with van der Waals surface area (Å²) in [6.45, 7) is 4.22. The molecular formula is C24H20N4. The van der Waals surface area contributed by atoms with Crippen molar-refractivity contribution in [3.63, 3.8) is 0 Å². The summed E-state index contributed by atoms with van der Waals surface area (Å²) in [6.07, 6.45) is 0.0392. The number of nitrogens with zero attached hydrogens (tertiary/aromatic N) is 4. The van der Waals surface area contributed by atoms with E-state index in [1.54, 1.807) is 6.07 Å². The van der Waals surface area contributed by atoms with Gasteiger partial charge in [0, 0.05) is 12.7 Å². The number of fused-ring (bicyclic) bond motifs is 1. The standard InChI is InChI=1S/C24H20N4/c1-16-13-19(18-7-5-4-6-8-18)9-11-22(16)28-17(2)27(3)24-21(15-26)20(14-25)10-12-23(24)28/h4-13,17H,1-3H3/t17-/m0/s1. The maximum absolute atomic E-state index is 9.65. The molecule has 4 heteroatoms. The predicted octanol–water partition coefficient (Wildman–Crippen LogP) is 5.34. The molecule has 0 aromatic heterocycles. The smallest absolute Gasteiger partial charge is 0.103 e. The highest BCUT2D eigenvalue weighted by Crippen LogP contribution is 2.47. The Kier molecular flexibility index (Phi) is 4.26. The third-order valence-electron chi connectivity index (χ3n) is 5.50. The highest BCUT2D eigenvalue weighted by molar-refractivity contribution is 5.89. The third kappa shape index (κ3) is 2.59. The molecule has 3 aromatic carbocycles. The summed E-state index contributed by atoms with van der Waals surface area (Å²) in [6, 6.07) is 24.8. The Balaban J connectivity index is 1.84. The second kappa shape index (κ2) is 6.76. The van der Waals surface area contributed by atoms with Crippen LogP contribution < -0.4 is 9.80 Å². The predicted molar refractivity (Wildman–Crippen MR) is 112 cm³/mol. The van der Waals surface area contributed by atoms with Gasteiger partial charge in [0.25, 0.3) is 0 Å². The number of nitriles is 2. The molecule has 0 N–H and O–H groups in total. The van der Waals surface area contributed by atoms with Crippen molar-refractivity contribution in [3.05, 3.63) is 77.4 Å². The van der Waals surface area contributed by atoms with E-state index in [0.717, 1.165) is 22.6 Å². The quantitative estimate of drug-likeness (QED) is 0.616. The van der Waals surface area contributed by atoms with Gasteiger partial charge in [-0.05, 0) is 54.8 Å². The van der Waals surface area contributed by atoms with Crippen LogP contribution in [0.3, 0.4) is 0 Å². The summed E-state index contributed by atoms with van der Waals surface area (Å²) < 4.78 is 0. The average molecular weight is 364 g/mol. The van der Waals surface area contributed by atoms with Crippen LogP contribution in [0.5, 0.6) is 0 Å². The van der Waals surface area contributed by atoms with E-state index in [2.05, 4.69) is 66.1 Å². The number of anilines is 3. The van der Waals surface area contributed by atoms with Gasteiger partial charge in [-0.3, -0.25) is 0 Å². The lowest BCUT2D eigenvalue weighted by Crippen LogP contribution is -2.36. The molecule has 0 fully saturated rings. The second-order valence-corrected chi connectivity index (χ2v) is 7.06. The van der Waals surface area contributed by atoms with Crippen molar-refractivity contribution in [2.24, 2.45) is 0 Å². The van der Waals surface area contributed by atoms with Crippen molar-refractivity contribution in [2.45, 2.75) is 20.0 Å². The highest BCUT2D eigenvalue weighted by atomic mass is 15.4. The van der Waals surface area contributed by atoms with Crippen LogP contribution in [0.1, 0.15) is 23.6 Å². The Bertz CT molecular complexity index is 1140. The Morgan fingerprint density at radius 3 is 2.21 bits per heavy atom. The lowest BCUT2D eigenvalue weighted by molar-refractivity contribution is 0.732. The van der Waals surface area contributed by atoms with Crippen LogP contribution in [-0.4, -0.2) is 13.2 Å². The zero-order chi connectivity index (χ0) is 19.8. The van der Waals surface area contributed by atoms with Crippen molar-refractivity contribution in [1.29, 1.82) is 10.5 Å². The first kappa shape index (κ1) is 17.6. The summed E-state index contributed by atoms with van der Waals surface area (Å²) >= 11 is 0. The topological polar surface area (TPSA) is 54.1 Å². The first-order valence-electron chi connectivity index (χ1n) is 9.22. The van der Waals surface area contributed by atoms with Gasteiger partial charge in [-0.1, -0.05) is 36.4 Å². The van der Waals surface area contributed by atoms with E-state index in [1.165, 1.54) is 11.1 Å². The van der Waals surface area contributed by atoms with Gasteiger partial charge >= 0.3 is 0 Å². The fourth-order valence-corrected chi connectivity index (χ4v) is 3.97. The lowest BCUT2D eigenvalue weighted by atomic mass is 10.0. The molecule has 0 spiro atoms. The first-order valence-corrected chi connectivity index (χ1v) is 9.22. The van der Waals surface area contributed by atoms with Crippen molar-refractivity contribution < 1.29 is 0 Å². The molecule has 0 radical (unpaired) electrons. The monoisotopic (exact) mass is 364 g/mol. The maximum Gasteiger partial charge on any atom is 0.103 e. The molecule has 0 bridgehead atoms. The van der Waals surface area contributed by atoms with Crippen molar-refractivity contribution in [1.82, 2.24) is 0 Å². The van der Waals surface area contributed by atoms with Crippen LogP contribution in [0.4, 0.5) is 17.1 Å². The van der Waals surface area contributed by atoms with E-state index < -0.39 is 0 Å². The van der Waals surface area contributed by atoms with Crippen LogP contribution in [0.25, 0.3) is 11.1 Å². The van der Waals surface area contributed by atoms with Gasteiger partial charge in [-0.2, -0.15) is 10.5 Å². The fourth-order valence-electron chi connectivity index (χ4n) is 3.97. The minimum atomic E-state index is 0.0392. The summed E-state index contributed by atoms with van der Waals surface area (Å²) in [7, 11) is 1.97. The van der Waals surface area contributed by atoms with Crippen LogP contribution in [0.15, 0.2) is 60.7 Å². The van der Waals surface area contributed by atoms with Crippen LogP contribution in [-0.2, 0) is 0 Å². The van der Waals surface area contributed by atoms with Crippen LogP contribution >= 0.6 is 0 Å². The van der Waals surface area contributed by atoms with E-state index in [-0.39, 0.29) is 6.17 Å². The maximum atomic E-state index is 9.65. The largest absolute Gasteiger partial charge is 0.351 e. The Hall–Kier alpha value is -3.76. The summed E-state index contributed by atoms with van der Waals surface area (Å²) in [5.74, 6) is 0. The molecular weight excluding hydrogens is 344 g/mol. The molecule has 0 saturated carbocycles. The zero-order valence-electron chi connectivity index (χ0n) is 16.1. The lowest BCUT2D eigenvalue weighted by Gasteiger charge is -2.29.